The summed E-state index contributed by atoms with van der Waals surface area (Å²) in [6.45, 7) is 5.98. The molecule has 0 bridgehead atoms. The molecule has 1 heterocycles. The van der Waals surface area contributed by atoms with E-state index in [1.165, 1.54) is 0 Å². The van der Waals surface area contributed by atoms with E-state index in [0.717, 1.165) is 55.4 Å². The molecule has 164 valence electrons. The van der Waals surface area contributed by atoms with Crippen molar-refractivity contribution in [3.63, 3.8) is 0 Å². The lowest BCUT2D eigenvalue weighted by atomic mass is 9.90. The molecule has 3 N–H and O–H groups in total. The molecule has 1 fully saturated rings. The normalized spacial score (nSPS) is 16.6. The van der Waals surface area contributed by atoms with E-state index in [1.807, 2.05) is 45.0 Å². The number of rotatable bonds is 6. The minimum Gasteiger partial charge on any atom is -0.444 e. The highest BCUT2D eigenvalue weighted by molar-refractivity contribution is 5.77. The Labute approximate surface area is 178 Å². The third-order valence-electron chi connectivity index (χ3n) is 5.48. The van der Waals surface area contributed by atoms with Crippen molar-refractivity contribution in [2.24, 2.45) is 0 Å². The van der Waals surface area contributed by atoms with Crippen LogP contribution in [0.25, 0.3) is 11.0 Å². The van der Waals surface area contributed by atoms with Crippen molar-refractivity contribution in [1.82, 2.24) is 20.6 Å². The van der Waals surface area contributed by atoms with Crippen molar-refractivity contribution < 1.29 is 14.3 Å². The number of aromatic nitrogens is 2. The standard InChI is InChI=1S/C23H34N4O3/c1-22(2,3)30-21(29)27-23(14-8-4-5-9-15-23)16-24-20(28)13-12-19-25-17-10-6-7-11-18(17)26-19/h6-7,10-11H,4-5,8-9,12-16H2,1-3H3,(H,24,28)(H,25,26)(H,27,29). The van der Waals surface area contributed by atoms with E-state index in [4.69, 9.17) is 4.74 Å². The first kappa shape index (κ1) is 22.1. The van der Waals surface area contributed by atoms with E-state index < -0.39 is 17.2 Å². The van der Waals surface area contributed by atoms with E-state index >= 15 is 0 Å². The third-order valence-corrected chi connectivity index (χ3v) is 5.48. The van der Waals surface area contributed by atoms with Crippen LogP contribution in [0.5, 0.6) is 0 Å². The second kappa shape index (κ2) is 9.49. The number of alkyl carbamates (subject to hydrolysis) is 1. The number of para-hydroxylation sites is 2. The van der Waals surface area contributed by atoms with Gasteiger partial charge in [0, 0.05) is 19.4 Å². The molecule has 7 heteroatoms. The van der Waals surface area contributed by atoms with Crippen molar-refractivity contribution in [2.75, 3.05) is 6.54 Å². The molecule has 2 aromatic rings. The van der Waals surface area contributed by atoms with Crippen LogP contribution in [0, 0.1) is 0 Å². The zero-order chi connectivity index (χ0) is 21.6. The van der Waals surface area contributed by atoms with Gasteiger partial charge in [0.2, 0.25) is 5.91 Å². The molecule has 1 saturated carbocycles. The number of hydrogen-bond acceptors (Lipinski definition) is 4. The van der Waals surface area contributed by atoms with Gasteiger partial charge in [-0.2, -0.15) is 0 Å². The lowest BCUT2D eigenvalue weighted by Gasteiger charge is -2.35. The van der Waals surface area contributed by atoms with Gasteiger partial charge in [-0.05, 0) is 45.7 Å². The smallest absolute Gasteiger partial charge is 0.408 e. The second-order valence-corrected chi connectivity index (χ2v) is 9.30. The summed E-state index contributed by atoms with van der Waals surface area (Å²) in [4.78, 5) is 32.7. The highest BCUT2D eigenvalue weighted by atomic mass is 16.6. The Morgan fingerprint density at radius 1 is 1.13 bits per heavy atom. The fourth-order valence-corrected chi connectivity index (χ4v) is 3.98. The van der Waals surface area contributed by atoms with Crippen LogP contribution in [0.15, 0.2) is 24.3 Å². The first-order chi connectivity index (χ1) is 14.2. The summed E-state index contributed by atoms with van der Waals surface area (Å²) in [6.07, 6.45) is 6.53. The number of carbonyl (C=O) groups is 2. The number of ether oxygens (including phenoxy) is 1. The number of hydrogen-bond donors (Lipinski definition) is 3. The Morgan fingerprint density at radius 3 is 2.50 bits per heavy atom. The number of fused-ring (bicyclic) bond motifs is 1. The highest BCUT2D eigenvalue weighted by Gasteiger charge is 2.34. The molecular formula is C23H34N4O3. The summed E-state index contributed by atoms with van der Waals surface area (Å²) < 4.78 is 5.47. The number of aromatic amines is 1. The number of carbonyl (C=O) groups excluding carboxylic acids is 2. The van der Waals surface area contributed by atoms with E-state index in [0.29, 0.717) is 19.4 Å². The first-order valence-corrected chi connectivity index (χ1v) is 11.0. The maximum absolute atomic E-state index is 12.5. The summed E-state index contributed by atoms with van der Waals surface area (Å²) in [5, 5.41) is 6.12. The fourth-order valence-electron chi connectivity index (χ4n) is 3.98. The third kappa shape index (κ3) is 6.47. The summed E-state index contributed by atoms with van der Waals surface area (Å²) in [5.74, 6) is 0.771. The molecule has 2 amide bonds. The SMILES string of the molecule is CC(C)(C)OC(=O)NC1(CNC(=O)CCc2nc3ccccc3[nH]2)CCCCCC1. The fraction of sp³-hybridized carbons (Fsp3) is 0.609. The minimum atomic E-state index is -0.550. The number of amides is 2. The van der Waals surface area contributed by atoms with Gasteiger partial charge in [0.05, 0.1) is 16.6 Å². The van der Waals surface area contributed by atoms with Crippen molar-refractivity contribution in [3.8, 4) is 0 Å². The van der Waals surface area contributed by atoms with E-state index in [9.17, 15) is 9.59 Å². The minimum absolute atomic E-state index is 0.0370. The van der Waals surface area contributed by atoms with E-state index in [-0.39, 0.29) is 5.91 Å². The molecule has 3 rings (SSSR count). The number of nitrogens with one attached hydrogen (secondary N) is 3. The summed E-state index contributed by atoms with van der Waals surface area (Å²) in [6, 6.07) is 7.84. The summed E-state index contributed by atoms with van der Waals surface area (Å²) >= 11 is 0. The van der Waals surface area contributed by atoms with Gasteiger partial charge in [0.1, 0.15) is 11.4 Å². The van der Waals surface area contributed by atoms with Crippen LogP contribution in [0.3, 0.4) is 0 Å². The molecular weight excluding hydrogens is 380 g/mol. The Balaban J connectivity index is 1.55. The van der Waals surface area contributed by atoms with Gasteiger partial charge >= 0.3 is 6.09 Å². The number of nitrogens with zero attached hydrogens (tertiary/aromatic N) is 1. The molecule has 0 aliphatic heterocycles. The maximum atomic E-state index is 12.5. The Bertz CT molecular complexity index is 828. The van der Waals surface area contributed by atoms with Crippen LogP contribution >= 0.6 is 0 Å². The summed E-state index contributed by atoms with van der Waals surface area (Å²) in [7, 11) is 0. The lowest BCUT2D eigenvalue weighted by molar-refractivity contribution is -0.121. The van der Waals surface area contributed by atoms with Gasteiger partial charge in [-0.25, -0.2) is 9.78 Å². The van der Waals surface area contributed by atoms with Gasteiger partial charge in [0.15, 0.2) is 0 Å². The highest BCUT2D eigenvalue weighted by Crippen LogP contribution is 2.27. The Kier molecular flexibility index (Phi) is 7.00. The Hall–Kier alpha value is -2.57. The number of benzene rings is 1. The van der Waals surface area contributed by atoms with Gasteiger partial charge in [-0.3, -0.25) is 4.79 Å². The largest absolute Gasteiger partial charge is 0.444 e. The molecule has 1 aromatic carbocycles. The van der Waals surface area contributed by atoms with Crippen LogP contribution in [0.1, 0.15) is 71.5 Å². The Morgan fingerprint density at radius 2 is 1.83 bits per heavy atom. The van der Waals surface area contributed by atoms with Crippen molar-refractivity contribution in [1.29, 1.82) is 0 Å². The lowest BCUT2D eigenvalue weighted by Crippen LogP contribution is -2.56. The summed E-state index contributed by atoms with van der Waals surface area (Å²) in [5.41, 5.74) is 0.887. The molecule has 1 aliphatic carbocycles. The van der Waals surface area contributed by atoms with Gasteiger partial charge < -0.3 is 20.4 Å². The molecule has 1 aromatic heterocycles. The van der Waals surface area contributed by atoms with Gasteiger partial charge in [-0.15, -0.1) is 0 Å². The van der Waals surface area contributed by atoms with Gasteiger partial charge in [0.25, 0.3) is 0 Å². The van der Waals surface area contributed by atoms with Crippen molar-refractivity contribution >= 4 is 23.0 Å². The van der Waals surface area contributed by atoms with Crippen LogP contribution in [-0.2, 0) is 16.0 Å². The average Bonchev–Trinajstić information content (AvgIpc) is 2.95. The second-order valence-electron chi connectivity index (χ2n) is 9.30. The maximum Gasteiger partial charge on any atom is 0.408 e. The zero-order valence-corrected chi connectivity index (χ0v) is 18.3. The van der Waals surface area contributed by atoms with Crippen molar-refractivity contribution in [3.05, 3.63) is 30.1 Å². The molecule has 0 radical (unpaired) electrons. The number of aryl methyl sites for hydroxylation is 1. The van der Waals surface area contributed by atoms with Gasteiger partial charge in [-0.1, -0.05) is 37.8 Å². The monoisotopic (exact) mass is 414 g/mol. The van der Waals surface area contributed by atoms with Crippen LogP contribution in [0.4, 0.5) is 4.79 Å². The predicted octanol–water partition coefficient (Wildman–Crippen LogP) is 4.23. The average molecular weight is 415 g/mol. The molecule has 0 saturated heterocycles. The molecule has 1 aliphatic rings. The molecule has 0 spiro atoms. The molecule has 0 atom stereocenters. The van der Waals surface area contributed by atoms with E-state index in [2.05, 4.69) is 20.6 Å². The van der Waals surface area contributed by atoms with Crippen LogP contribution in [-0.4, -0.2) is 39.7 Å². The van der Waals surface area contributed by atoms with E-state index in [1.54, 1.807) is 0 Å². The number of H-pyrrole nitrogens is 1. The first-order valence-electron chi connectivity index (χ1n) is 11.0. The predicted molar refractivity (Wildman–Crippen MR) is 117 cm³/mol. The van der Waals surface area contributed by atoms with Crippen LogP contribution < -0.4 is 10.6 Å². The number of imidazole rings is 1. The topological polar surface area (TPSA) is 96.1 Å². The van der Waals surface area contributed by atoms with Crippen LogP contribution in [0.2, 0.25) is 0 Å². The quantitative estimate of drug-likeness (QED) is 0.616. The molecule has 0 unspecified atom stereocenters. The molecule has 30 heavy (non-hydrogen) atoms. The zero-order valence-electron chi connectivity index (χ0n) is 18.3. The van der Waals surface area contributed by atoms with Crippen molar-refractivity contribution in [2.45, 2.75) is 83.3 Å². The molecule has 7 nitrogen and oxygen atoms in total.